The standard InChI is InChI=1S/C14H23N5/c1-5-6-18-10-16-7-13(18)9-19-12(3)14(8-15-4)11(2)17-19/h7,10,15H,5-6,8-9H2,1-4H3. The van der Waals surface area contributed by atoms with Gasteiger partial charge in [-0.2, -0.15) is 5.10 Å². The van der Waals surface area contributed by atoms with E-state index in [1.807, 2.05) is 19.6 Å². The molecule has 0 aliphatic heterocycles. The van der Waals surface area contributed by atoms with Crippen LogP contribution in [0.5, 0.6) is 0 Å². The Kier molecular flexibility index (Phi) is 4.37. The van der Waals surface area contributed by atoms with Gasteiger partial charge in [-0.3, -0.25) is 4.68 Å². The van der Waals surface area contributed by atoms with Crippen LogP contribution in [0.2, 0.25) is 0 Å². The Morgan fingerprint density at radius 2 is 2.11 bits per heavy atom. The normalized spacial score (nSPS) is 11.2. The molecule has 0 unspecified atom stereocenters. The molecule has 5 heteroatoms. The van der Waals surface area contributed by atoms with Crippen LogP contribution in [0.1, 0.15) is 36.0 Å². The maximum absolute atomic E-state index is 4.64. The molecule has 0 radical (unpaired) electrons. The molecule has 2 heterocycles. The zero-order chi connectivity index (χ0) is 13.8. The molecule has 19 heavy (non-hydrogen) atoms. The third kappa shape index (κ3) is 2.87. The first-order valence-electron chi connectivity index (χ1n) is 6.83. The Bertz CT molecular complexity index is 538. The summed E-state index contributed by atoms with van der Waals surface area (Å²) in [4.78, 5) is 4.24. The summed E-state index contributed by atoms with van der Waals surface area (Å²) < 4.78 is 4.28. The van der Waals surface area contributed by atoms with Gasteiger partial charge in [-0.25, -0.2) is 4.98 Å². The highest BCUT2D eigenvalue weighted by Gasteiger charge is 2.12. The van der Waals surface area contributed by atoms with Crippen LogP contribution >= 0.6 is 0 Å². The van der Waals surface area contributed by atoms with Crippen LogP contribution in [0, 0.1) is 13.8 Å². The monoisotopic (exact) mass is 261 g/mol. The SMILES string of the molecule is CCCn1cncc1Cn1nc(C)c(CNC)c1C. The second-order valence-electron chi connectivity index (χ2n) is 4.92. The second-order valence-corrected chi connectivity index (χ2v) is 4.92. The average molecular weight is 261 g/mol. The fourth-order valence-corrected chi connectivity index (χ4v) is 2.40. The summed E-state index contributed by atoms with van der Waals surface area (Å²) in [5.41, 5.74) is 4.84. The van der Waals surface area contributed by atoms with E-state index in [9.17, 15) is 0 Å². The van der Waals surface area contributed by atoms with E-state index in [1.54, 1.807) is 0 Å². The Labute approximate surface area is 114 Å². The Morgan fingerprint density at radius 3 is 2.79 bits per heavy atom. The lowest BCUT2D eigenvalue weighted by atomic mass is 10.2. The predicted octanol–water partition coefficient (Wildman–Crippen LogP) is 1.87. The Morgan fingerprint density at radius 1 is 1.32 bits per heavy atom. The average Bonchev–Trinajstić information content (AvgIpc) is 2.91. The number of hydrogen-bond donors (Lipinski definition) is 1. The maximum atomic E-state index is 4.64. The lowest BCUT2D eigenvalue weighted by molar-refractivity contribution is 0.585. The van der Waals surface area contributed by atoms with Crippen molar-refractivity contribution in [1.82, 2.24) is 24.6 Å². The number of rotatable bonds is 6. The molecule has 0 bridgehead atoms. The van der Waals surface area contributed by atoms with Gasteiger partial charge in [0.25, 0.3) is 0 Å². The van der Waals surface area contributed by atoms with Crippen molar-refractivity contribution in [3.63, 3.8) is 0 Å². The highest BCUT2D eigenvalue weighted by atomic mass is 15.3. The summed E-state index contributed by atoms with van der Waals surface area (Å²) in [5.74, 6) is 0. The van der Waals surface area contributed by atoms with Gasteiger partial charge < -0.3 is 9.88 Å². The topological polar surface area (TPSA) is 47.7 Å². The summed E-state index contributed by atoms with van der Waals surface area (Å²) in [6, 6.07) is 0. The molecule has 0 aliphatic carbocycles. The molecular weight excluding hydrogens is 238 g/mol. The molecule has 0 amide bonds. The molecule has 0 spiro atoms. The van der Waals surface area contributed by atoms with Gasteiger partial charge in [-0.15, -0.1) is 0 Å². The van der Waals surface area contributed by atoms with E-state index in [4.69, 9.17) is 0 Å². The number of aromatic nitrogens is 4. The highest BCUT2D eigenvalue weighted by molar-refractivity contribution is 5.24. The molecular formula is C14H23N5. The Balaban J connectivity index is 2.23. The van der Waals surface area contributed by atoms with Crippen LogP contribution in [0.15, 0.2) is 12.5 Å². The predicted molar refractivity (Wildman–Crippen MR) is 76.1 cm³/mol. The van der Waals surface area contributed by atoms with Crippen molar-refractivity contribution >= 4 is 0 Å². The highest BCUT2D eigenvalue weighted by Crippen LogP contribution is 2.14. The molecule has 0 aromatic carbocycles. The molecule has 0 fully saturated rings. The smallest absolute Gasteiger partial charge is 0.0948 e. The van der Waals surface area contributed by atoms with E-state index in [1.165, 1.54) is 17.0 Å². The molecule has 104 valence electrons. The van der Waals surface area contributed by atoms with Crippen molar-refractivity contribution in [2.75, 3.05) is 7.05 Å². The third-order valence-corrected chi connectivity index (χ3v) is 3.46. The first-order valence-corrected chi connectivity index (χ1v) is 6.83. The van der Waals surface area contributed by atoms with E-state index in [2.05, 4.69) is 45.4 Å². The number of imidazole rings is 1. The minimum absolute atomic E-state index is 0.788. The van der Waals surface area contributed by atoms with E-state index in [-0.39, 0.29) is 0 Å². The van der Waals surface area contributed by atoms with Crippen molar-refractivity contribution in [3.8, 4) is 0 Å². The zero-order valence-corrected chi connectivity index (χ0v) is 12.3. The van der Waals surface area contributed by atoms with Crippen molar-refractivity contribution in [1.29, 1.82) is 0 Å². The molecule has 0 saturated heterocycles. The summed E-state index contributed by atoms with van der Waals surface area (Å²) >= 11 is 0. The molecule has 2 aromatic rings. The van der Waals surface area contributed by atoms with Crippen molar-refractivity contribution in [2.45, 2.75) is 46.8 Å². The van der Waals surface area contributed by atoms with Crippen molar-refractivity contribution < 1.29 is 0 Å². The molecule has 5 nitrogen and oxygen atoms in total. The van der Waals surface area contributed by atoms with E-state index in [0.717, 1.165) is 31.7 Å². The zero-order valence-electron chi connectivity index (χ0n) is 12.3. The van der Waals surface area contributed by atoms with Crippen LogP contribution in [0.3, 0.4) is 0 Å². The lowest BCUT2D eigenvalue weighted by Crippen LogP contribution is -2.10. The van der Waals surface area contributed by atoms with Gasteiger partial charge >= 0.3 is 0 Å². The molecule has 0 aliphatic rings. The number of aryl methyl sites for hydroxylation is 2. The van der Waals surface area contributed by atoms with E-state index < -0.39 is 0 Å². The van der Waals surface area contributed by atoms with Gasteiger partial charge in [0.2, 0.25) is 0 Å². The number of nitrogens with zero attached hydrogens (tertiary/aromatic N) is 4. The number of nitrogens with one attached hydrogen (secondary N) is 1. The Hall–Kier alpha value is -1.62. The fraction of sp³-hybridized carbons (Fsp3) is 0.571. The van der Waals surface area contributed by atoms with Crippen LogP contribution in [0.25, 0.3) is 0 Å². The van der Waals surface area contributed by atoms with Crippen molar-refractivity contribution in [2.24, 2.45) is 0 Å². The molecule has 2 aromatic heterocycles. The van der Waals surface area contributed by atoms with Gasteiger partial charge in [0.1, 0.15) is 0 Å². The van der Waals surface area contributed by atoms with E-state index >= 15 is 0 Å². The maximum Gasteiger partial charge on any atom is 0.0948 e. The summed E-state index contributed by atoms with van der Waals surface area (Å²) in [5, 5.41) is 7.84. The van der Waals surface area contributed by atoms with Crippen molar-refractivity contribution in [3.05, 3.63) is 35.2 Å². The van der Waals surface area contributed by atoms with Crippen LogP contribution < -0.4 is 5.32 Å². The fourth-order valence-electron chi connectivity index (χ4n) is 2.40. The summed E-state index contributed by atoms with van der Waals surface area (Å²) in [6.45, 7) is 9.05. The summed E-state index contributed by atoms with van der Waals surface area (Å²) in [7, 11) is 1.96. The third-order valence-electron chi connectivity index (χ3n) is 3.46. The molecule has 2 rings (SSSR count). The molecule has 0 atom stereocenters. The van der Waals surface area contributed by atoms with Gasteiger partial charge in [0, 0.05) is 24.3 Å². The van der Waals surface area contributed by atoms with Gasteiger partial charge in [0.15, 0.2) is 0 Å². The molecule has 1 N–H and O–H groups in total. The quantitative estimate of drug-likeness (QED) is 0.863. The van der Waals surface area contributed by atoms with Crippen LogP contribution in [-0.4, -0.2) is 26.4 Å². The lowest BCUT2D eigenvalue weighted by Gasteiger charge is -2.08. The minimum Gasteiger partial charge on any atom is -0.333 e. The first-order chi connectivity index (χ1) is 9.17. The summed E-state index contributed by atoms with van der Waals surface area (Å²) in [6.07, 6.45) is 4.95. The van der Waals surface area contributed by atoms with E-state index in [0.29, 0.717) is 0 Å². The minimum atomic E-state index is 0.788. The second kappa shape index (κ2) is 6.02. The first kappa shape index (κ1) is 13.8. The largest absolute Gasteiger partial charge is 0.333 e. The van der Waals surface area contributed by atoms with Gasteiger partial charge in [-0.05, 0) is 27.3 Å². The molecule has 0 saturated carbocycles. The van der Waals surface area contributed by atoms with Crippen LogP contribution in [0.4, 0.5) is 0 Å². The number of hydrogen-bond acceptors (Lipinski definition) is 3. The van der Waals surface area contributed by atoms with Crippen LogP contribution in [-0.2, 0) is 19.6 Å². The van der Waals surface area contributed by atoms with Gasteiger partial charge in [0.05, 0.1) is 30.5 Å². The van der Waals surface area contributed by atoms with Gasteiger partial charge in [-0.1, -0.05) is 6.92 Å².